The summed E-state index contributed by atoms with van der Waals surface area (Å²) in [6, 6.07) is 14.8. The van der Waals surface area contributed by atoms with Crippen molar-refractivity contribution in [2.24, 2.45) is 0 Å². The Hall–Kier alpha value is -2.93. The Balaban J connectivity index is 1.80. The predicted octanol–water partition coefficient (Wildman–Crippen LogP) is 3.85. The average molecular weight is 340 g/mol. The first-order valence-electron chi connectivity index (χ1n) is 7.27. The molecule has 3 aromatic rings. The van der Waals surface area contributed by atoms with Crippen molar-refractivity contribution in [1.29, 1.82) is 0 Å². The highest BCUT2D eigenvalue weighted by molar-refractivity contribution is 7.15. The van der Waals surface area contributed by atoms with E-state index in [9.17, 15) is 4.79 Å². The molecular formula is C17H16N4O2S. The number of amides is 1. The summed E-state index contributed by atoms with van der Waals surface area (Å²) in [7, 11) is 1.62. The van der Waals surface area contributed by atoms with Gasteiger partial charge in [0.1, 0.15) is 10.8 Å². The van der Waals surface area contributed by atoms with E-state index >= 15 is 0 Å². The van der Waals surface area contributed by atoms with Gasteiger partial charge in [0, 0.05) is 5.69 Å². The number of hydrogen-bond donors (Lipinski definition) is 2. The summed E-state index contributed by atoms with van der Waals surface area (Å²) in [6.07, 6.45) is 0. The number of nitrogens with zero attached hydrogens (tertiary/aromatic N) is 2. The lowest BCUT2D eigenvalue weighted by atomic mass is 10.1. The zero-order valence-electron chi connectivity index (χ0n) is 13.2. The first-order valence-corrected chi connectivity index (χ1v) is 8.09. The number of aromatic nitrogens is 2. The fraction of sp³-hybridized carbons (Fsp3) is 0.118. The molecule has 2 aromatic carbocycles. The third-order valence-electron chi connectivity index (χ3n) is 3.29. The molecule has 0 aliphatic heterocycles. The molecule has 1 aromatic heterocycles. The van der Waals surface area contributed by atoms with Crippen LogP contribution < -0.4 is 15.4 Å². The number of hydrogen-bond acceptors (Lipinski definition) is 6. The smallest absolute Gasteiger partial charge is 0.259 e. The molecule has 0 aliphatic rings. The van der Waals surface area contributed by atoms with Crippen LogP contribution in [0.3, 0.4) is 0 Å². The van der Waals surface area contributed by atoms with Gasteiger partial charge in [-0.25, -0.2) is 0 Å². The molecule has 6 nitrogen and oxygen atoms in total. The molecule has 0 spiro atoms. The van der Waals surface area contributed by atoms with Crippen LogP contribution >= 0.6 is 11.3 Å². The van der Waals surface area contributed by atoms with E-state index in [2.05, 4.69) is 20.8 Å². The van der Waals surface area contributed by atoms with Gasteiger partial charge in [0.2, 0.25) is 5.13 Å². The highest BCUT2D eigenvalue weighted by Crippen LogP contribution is 2.24. The van der Waals surface area contributed by atoms with Crippen molar-refractivity contribution in [2.75, 3.05) is 17.7 Å². The van der Waals surface area contributed by atoms with Gasteiger partial charge in [0.05, 0.1) is 18.4 Å². The largest absolute Gasteiger partial charge is 0.497 e. The van der Waals surface area contributed by atoms with Crippen molar-refractivity contribution in [3.8, 4) is 5.75 Å². The molecule has 1 heterocycles. The Morgan fingerprint density at radius 1 is 1.08 bits per heavy atom. The summed E-state index contributed by atoms with van der Waals surface area (Å²) in [6.45, 7) is 1.84. The van der Waals surface area contributed by atoms with Crippen molar-refractivity contribution in [3.63, 3.8) is 0 Å². The molecule has 24 heavy (non-hydrogen) atoms. The summed E-state index contributed by atoms with van der Waals surface area (Å²) in [5, 5.41) is 15.1. The fourth-order valence-electron chi connectivity index (χ4n) is 2.13. The molecule has 7 heteroatoms. The van der Waals surface area contributed by atoms with E-state index in [4.69, 9.17) is 4.74 Å². The summed E-state index contributed by atoms with van der Waals surface area (Å²) in [5.41, 5.74) is 2.10. The summed E-state index contributed by atoms with van der Waals surface area (Å²) in [5.74, 6) is 0.543. The van der Waals surface area contributed by atoms with Gasteiger partial charge >= 0.3 is 0 Å². The maximum Gasteiger partial charge on any atom is 0.259 e. The molecule has 0 saturated carbocycles. The second-order valence-electron chi connectivity index (χ2n) is 4.98. The van der Waals surface area contributed by atoms with E-state index in [1.54, 1.807) is 13.2 Å². The van der Waals surface area contributed by atoms with Gasteiger partial charge < -0.3 is 10.1 Å². The molecule has 0 radical (unpaired) electrons. The lowest BCUT2D eigenvalue weighted by Crippen LogP contribution is -2.13. The van der Waals surface area contributed by atoms with Crippen LogP contribution in [-0.2, 0) is 0 Å². The van der Waals surface area contributed by atoms with Crippen LogP contribution in [0.5, 0.6) is 5.75 Å². The van der Waals surface area contributed by atoms with Crippen LogP contribution in [0.2, 0.25) is 0 Å². The third kappa shape index (κ3) is 3.69. The van der Waals surface area contributed by atoms with E-state index in [1.807, 2.05) is 49.4 Å². The predicted molar refractivity (Wildman–Crippen MR) is 95.3 cm³/mol. The van der Waals surface area contributed by atoms with Gasteiger partial charge in [-0.2, -0.15) is 0 Å². The third-order valence-corrected chi connectivity index (χ3v) is 4.04. The van der Waals surface area contributed by atoms with E-state index in [-0.39, 0.29) is 5.91 Å². The molecule has 122 valence electrons. The lowest BCUT2D eigenvalue weighted by Gasteiger charge is -2.11. The van der Waals surface area contributed by atoms with Crippen LogP contribution in [0.15, 0.2) is 48.5 Å². The number of carbonyl (C=O) groups is 1. The second kappa shape index (κ2) is 7.10. The number of ether oxygens (including phenoxy) is 1. The molecule has 0 bridgehead atoms. The first-order chi connectivity index (χ1) is 11.7. The standard InChI is InChI=1S/C17H16N4O2S/c1-11-20-21-17(24-11)19-16(22)14-5-3-4-6-15(14)18-12-7-9-13(23-2)10-8-12/h3-10,18H,1-2H3,(H,19,21,22). The minimum absolute atomic E-state index is 0.234. The number of methoxy groups -OCH3 is 1. The first kappa shape index (κ1) is 15.9. The Kier molecular flexibility index (Phi) is 4.72. The molecule has 0 fully saturated rings. The summed E-state index contributed by atoms with van der Waals surface area (Å²) < 4.78 is 5.15. The van der Waals surface area contributed by atoms with Gasteiger partial charge in [-0.05, 0) is 43.3 Å². The number of anilines is 3. The molecule has 2 N–H and O–H groups in total. The van der Waals surface area contributed by atoms with Crippen molar-refractivity contribution in [3.05, 3.63) is 59.1 Å². The Morgan fingerprint density at radius 3 is 2.50 bits per heavy atom. The van der Waals surface area contributed by atoms with E-state index in [0.717, 1.165) is 16.4 Å². The van der Waals surface area contributed by atoms with Crippen molar-refractivity contribution >= 4 is 33.8 Å². The van der Waals surface area contributed by atoms with Crippen LogP contribution in [0.4, 0.5) is 16.5 Å². The van der Waals surface area contributed by atoms with Gasteiger partial charge in [-0.3, -0.25) is 10.1 Å². The number of benzene rings is 2. The van der Waals surface area contributed by atoms with Gasteiger partial charge in [0.15, 0.2) is 0 Å². The van der Waals surface area contributed by atoms with Crippen LogP contribution in [-0.4, -0.2) is 23.2 Å². The topological polar surface area (TPSA) is 76.1 Å². The SMILES string of the molecule is COc1ccc(Nc2ccccc2C(=O)Nc2nnc(C)s2)cc1. The Bertz CT molecular complexity index is 846. The Labute approximate surface area is 143 Å². The minimum Gasteiger partial charge on any atom is -0.497 e. The normalized spacial score (nSPS) is 10.2. The summed E-state index contributed by atoms with van der Waals surface area (Å²) >= 11 is 1.34. The highest BCUT2D eigenvalue weighted by Gasteiger charge is 2.13. The average Bonchev–Trinajstić information content (AvgIpc) is 3.01. The monoisotopic (exact) mass is 340 g/mol. The fourth-order valence-corrected chi connectivity index (χ4v) is 2.72. The number of nitrogens with one attached hydrogen (secondary N) is 2. The molecule has 0 unspecified atom stereocenters. The molecule has 0 aliphatic carbocycles. The highest BCUT2D eigenvalue weighted by atomic mass is 32.1. The zero-order chi connectivity index (χ0) is 16.9. The van der Waals surface area contributed by atoms with Gasteiger partial charge in [0.25, 0.3) is 5.91 Å². The van der Waals surface area contributed by atoms with E-state index in [1.165, 1.54) is 11.3 Å². The molecular weight excluding hydrogens is 324 g/mol. The van der Waals surface area contributed by atoms with Gasteiger partial charge in [-0.15, -0.1) is 10.2 Å². The number of para-hydroxylation sites is 1. The Morgan fingerprint density at radius 2 is 1.83 bits per heavy atom. The van der Waals surface area contributed by atoms with E-state index < -0.39 is 0 Å². The molecule has 0 saturated heterocycles. The van der Waals surface area contributed by atoms with Crippen LogP contribution in [0, 0.1) is 6.92 Å². The maximum absolute atomic E-state index is 12.5. The maximum atomic E-state index is 12.5. The lowest BCUT2D eigenvalue weighted by molar-refractivity contribution is 0.102. The van der Waals surface area contributed by atoms with Crippen molar-refractivity contribution < 1.29 is 9.53 Å². The quantitative estimate of drug-likeness (QED) is 0.738. The van der Waals surface area contributed by atoms with Crippen LogP contribution in [0.25, 0.3) is 0 Å². The van der Waals surface area contributed by atoms with Crippen LogP contribution in [0.1, 0.15) is 15.4 Å². The zero-order valence-corrected chi connectivity index (χ0v) is 14.1. The number of rotatable bonds is 5. The minimum atomic E-state index is -0.234. The van der Waals surface area contributed by atoms with Crippen molar-refractivity contribution in [1.82, 2.24) is 10.2 Å². The number of carbonyl (C=O) groups excluding carboxylic acids is 1. The molecule has 0 atom stereocenters. The van der Waals surface area contributed by atoms with Gasteiger partial charge in [-0.1, -0.05) is 23.5 Å². The number of aryl methyl sites for hydroxylation is 1. The van der Waals surface area contributed by atoms with Crippen molar-refractivity contribution in [2.45, 2.75) is 6.92 Å². The molecule has 3 rings (SSSR count). The molecule has 1 amide bonds. The second-order valence-corrected chi connectivity index (χ2v) is 6.16. The van der Waals surface area contributed by atoms with E-state index in [0.29, 0.717) is 16.4 Å². The summed E-state index contributed by atoms with van der Waals surface area (Å²) in [4.78, 5) is 12.5.